The van der Waals surface area contributed by atoms with Gasteiger partial charge in [-0.3, -0.25) is 4.79 Å². The maximum atomic E-state index is 9.60. The van der Waals surface area contributed by atoms with Gasteiger partial charge in [0, 0.05) is 56.0 Å². The summed E-state index contributed by atoms with van der Waals surface area (Å²) in [6.07, 6.45) is 2.67. The van der Waals surface area contributed by atoms with Gasteiger partial charge in [0.15, 0.2) is 0 Å². The zero-order valence-corrected chi connectivity index (χ0v) is 18.5. The highest BCUT2D eigenvalue weighted by Gasteiger charge is 2.22. The number of nitrogens with zero attached hydrogens (tertiary/aromatic N) is 2. The number of rotatable bonds is 4. The molecule has 2 heterocycles. The second-order valence-corrected chi connectivity index (χ2v) is 9.20. The molecule has 0 bridgehead atoms. The Bertz CT molecular complexity index is 546. The zero-order valence-electron chi connectivity index (χ0n) is 16.9. The molecule has 1 aromatic rings. The summed E-state index contributed by atoms with van der Waals surface area (Å²) in [6.45, 7) is 14.4. The Balaban J connectivity index is 0.000000321. The van der Waals surface area contributed by atoms with Gasteiger partial charge >= 0.3 is 0 Å². The molecule has 2 fully saturated rings. The number of benzene rings is 1. The van der Waals surface area contributed by atoms with Gasteiger partial charge in [0.25, 0.3) is 6.47 Å². The van der Waals surface area contributed by atoms with Crippen molar-refractivity contribution in [1.82, 2.24) is 10.2 Å². The number of carbonyl (C=O) groups is 1. The van der Waals surface area contributed by atoms with Gasteiger partial charge in [-0.1, -0.05) is 15.9 Å². The molecule has 5 nitrogen and oxygen atoms in total. The second-order valence-electron chi connectivity index (χ2n) is 8.28. The van der Waals surface area contributed by atoms with Crippen molar-refractivity contribution < 1.29 is 9.53 Å². The molecule has 27 heavy (non-hydrogen) atoms. The third kappa shape index (κ3) is 8.62. The van der Waals surface area contributed by atoms with E-state index in [2.05, 4.69) is 60.0 Å². The van der Waals surface area contributed by atoms with Crippen molar-refractivity contribution in [2.24, 2.45) is 5.92 Å². The van der Waals surface area contributed by atoms with Crippen molar-refractivity contribution in [1.29, 1.82) is 0 Å². The molecule has 152 valence electrons. The number of carbonyl (C=O) groups excluding carboxylic acids is 1. The highest BCUT2D eigenvalue weighted by Crippen LogP contribution is 2.25. The fourth-order valence-electron chi connectivity index (χ4n) is 3.43. The molecule has 2 aliphatic heterocycles. The highest BCUT2D eigenvalue weighted by atomic mass is 79.9. The molecule has 0 saturated carbocycles. The summed E-state index contributed by atoms with van der Waals surface area (Å²) < 4.78 is 5.71. The number of piperazine rings is 1. The number of hydrogen-bond acceptors (Lipinski definition) is 5. The third-order valence-corrected chi connectivity index (χ3v) is 5.46. The largest absolute Gasteiger partial charge is 0.462 e. The van der Waals surface area contributed by atoms with E-state index in [4.69, 9.17) is 0 Å². The van der Waals surface area contributed by atoms with Gasteiger partial charge in [-0.25, -0.2) is 0 Å². The molecular formula is C21H34BrN3O2. The SMILES string of the molecule is Brc1ccc(N2CCC(CN3CCNCC3)CC2)cc1.CC(C)(C)OC=O. The van der Waals surface area contributed by atoms with Crippen LogP contribution in [0.1, 0.15) is 33.6 Å². The van der Waals surface area contributed by atoms with Gasteiger partial charge in [-0.15, -0.1) is 0 Å². The summed E-state index contributed by atoms with van der Waals surface area (Å²) in [4.78, 5) is 14.8. The Kier molecular flexibility index (Phi) is 9.06. The van der Waals surface area contributed by atoms with Gasteiger partial charge in [0.05, 0.1) is 0 Å². The van der Waals surface area contributed by atoms with Crippen molar-refractivity contribution in [3.63, 3.8) is 0 Å². The molecule has 2 aliphatic rings. The van der Waals surface area contributed by atoms with E-state index in [1.165, 1.54) is 51.3 Å². The molecular weight excluding hydrogens is 406 g/mol. The molecule has 1 aromatic carbocycles. The summed E-state index contributed by atoms with van der Waals surface area (Å²) >= 11 is 3.51. The van der Waals surface area contributed by atoms with E-state index in [0.29, 0.717) is 6.47 Å². The van der Waals surface area contributed by atoms with Gasteiger partial charge in [-0.05, 0) is 63.8 Å². The smallest absolute Gasteiger partial charge is 0.293 e. The van der Waals surface area contributed by atoms with Crippen LogP contribution in [0.25, 0.3) is 0 Å². The van der Waals surface area contributed by atoms with Crippen LogP contribution in [-0.2, 0) is 9.53 Å². The second kappa shape index (κ2) is 11.0. The lowest BCUT2D eigenvalue weighted by Crippen LogP contribution is -2.46. The predicted molar refractivity (Wildman–Crippen MR) is 115 cm³/mol. The molecule has 3 rings (SSSR count). The van der Waals surface area contributed by atoms with Gasteiger partial charge in [0.1, 0.15) is 5.60 Å². The number of hydrogen-bond donors (Lipinski definition) is 1. The molecule has 0 spiro atoms. The Morgan fingerprint density at radius 2 is 1.70 bits per heavy atom. The summed E-state index contributed by atoms with van der Waals surface area (Å²) in [5, 5.41) is 3.43. The zero-order chi connectivity index (χ0) is 19.7. The first-order valence-corrected chi connectivity index (χ1v) is 10.7. The van der Waals surface area contributed by atoms with Gasteiger partial charge in [-0.2, -0.15) is 0 Å². The number of ether oxygens (including phenoxy) is 1. The van der Waals surface area contributed by atoms with Crippen LogP contribution < -0.4 is 10.2 Å². The Morgan fingerprint density at radius 1 is 1.11 bits per heavy atom. The van der Waals surface area contributed by atoms with E-state index < -0.39 is 0 Å². The lowest BCUT2D eigenvalue weighted by atomic mass is 9.95. The maximum Gasteiger partial charge on any atom is 0.293 e. The standard InChI is InChI=1S/C16H24BrN3.C5H10O2/c17-15-1-3-16(4-2-15)20-9-5-14(6-10-20)13-19-11-7-18-8-12-19;1-5(2,3)7-4-6/h1-4,14,18H,5-13H2;4H,1-3H3. The monoisotopic (exact) mass is 439 g/mol. The Morgan fingerprint density at radius 3 is 2.19 bits per heavy atom. The van der Waals surface area contributed by atoms with Crippen LogP contribution in [0, 0.1) is 5.92 Å². The Labute approximate surface area is 172 Å². The average molecular weight is 440 g/mol. The number of nitrogens with one attached hydrogen (secondary N) is 1. The minimum Gasteiger partial charge on any atom is -0.462 e. The first-order chi connectivity index (χ1) is 12.9. The first kappa shape index (κ1) is 22.2. The van der Waals surface area contributed by atoms with E-state index in [1.807, 2.05) is 20.8 Å². The molecule has 1 N–H and O–H groups in total. The molecule has 0 unspecified atom stereocenters. The van der Waals surface area contributed by atoms with Crippen molar-refractivity contribution in [3.05, 3.63) is 28.7 Å². The third-order valence-electron chi connectivity index (χ3n) is 4.93. The van der Waals surface area contributed by atoms with E-state index >= 15 is 0 Å². The van der Waals surface area contributed by atoms with E-state index in [0.717, 1.165) is 23.5 Å². The summed E-state index contributed by atoms with van der Waals surface area (Å²) in [6, 6.07) is 8.73. The van der Waals surface area contributed by atoms with Crippen LogP contribution in [0.15, 0.2) is 28.7 Å². The molecule has 6 heteroatoms. The molecule has 0 aliphatic carbocycles. The van der Waals surface area contributed by atoms with Crippen LogP contribution in [0.5, 0.6) is 0 Å². The maximum absolute atomic E-state index is 9.60. The molecule has 0 atom stereocenters. The quantitative estimate of drug-likeness (QED) is 0.726. The van der Waals surface area contributed by atoms with Crippen molar-refractivity contribution >= 4 is 28.1 Å². The summed E-state index contributed by atoms with van der Waals surface area (Å²) in [5.74, 6) is 0.889. The topological polar surface area (TPSA) is 44.8 Å². The first-order valence-electron chi connectivity index (χ1n) is 9.92. The predicted octanol–water partition coefficient (Wildman–Crippen LogP) is 3.53. The van der Waals surface area contributed by atoms with Crippen LogP contribution >= 0.6 is 15.9 Å². The van der Waals surface area contributed by atoms with Crippen LogP contribution in [0.4, 0.5) is 5.69 Å². The molecule has 0 radical (unpaired) electrons. The Hall–Kier alpha value is -1.11. The number of anilines is 1. The van der Waals surface area contributed by atoms with Crippen LogP contribution in [-0.4, -0.2) is 62.8 Å². The van der Waals surface area contributed by atoms with Crippen LogP contribution in [0.3, 0.4) is 0 Å². The van der Waals surface area contributed by atoms with Crippen molar-refractivity contribution in [2.75, 3.05) is 50.7 Å². The highest BCUT2D eigenvalue weighted by molar-refractivity contribution is 9.10. The minimum atomic E-state index is -0.318. The van der Waals surface area contributed by atoms with E-state index in [1.54, 1.807) is 0 Å². The van der Waals surface area contributed by atoms with Gasteiger partial charge in [0.2, 0.25) is 0 Å². The van der Waals surface area contributed by atoms with E-state index in [9.17, 15) is 4.79 Å². The average Bonchev–Trinajstić information content (AvgIpc) is 2.64. The van der Waals surface area contributed by atoms with Gasteiger partial charge < -0.3 is 19.9 Å². The molecule has 2 saturated heterocycles. The van der Waals surface area contributed by atoms with Crippen LogP contribution in [0.2, 0.25) is 0 Å². The number of halogens is 1. The lowest BCUT2D eigenvalue weighted by molar-refractivity contribution is -0.138. The lowest BCUT2D eigenvalue weighted by Gasteiger charge is -2.37. The fourth-order valence-corrected chi connectivity index (χ4v) is 3.69. The normalized spacial score (nSPS) is 19.2. The fraction of sp³-hybridized carbons (Fsp3) is 0.667. The molecule has 0 aromatic heterocycles. The van der Waals surface area contributed by atoms with Crippen molar-refractivity contribution in [3.8, 4) is 0 Å². The van der Waals surface area contributed by atoms with Crippen molar-refractivity contribution in [2.45, 2.75) is 39.2 Å². The summed E-state index contributed by atoms with van der Waals surface area (Å²) in [7, 11) is 0. The minimum absolute atomic E-state index is 0.318. The molecule has 0 amide bonds. The van der Waals surface area contributed by atoms with E-state index in [-0.39, 0.29) is 5.60 Å². The summed E-state index contributed by atoms with van der Waals surface area (Å²) in [5.41, 5.74) is 1.05. The number of piperidine rings is 1.